The molecule has 3 rings (SSSR count). The van der Waals surface area contributed by atoms with Gasteiger partial charge in [0.2, 0.25) is 5.91 Å². The van der Waals surface area contributed by atoms with E-state index in [4.69, 9.17) is 0 Å². The van der Waals surface area contributed by atoms with E-state index in [1.807, 2.05) is 0 Å². The van der Waals surface area contributed by atoms with Gasteiger partial charge in [-0.25, -0.2) is 0 Å². The van der Waals surface area contributed by atoms with Crippen LogP contribution >= 0.6 is 0 Å². The molecule has 7 heteroatoms. The number of nitrogens with zero attached hydrogens (tertiary/aromatic N) is 1. The third kappa shape index (κ3) is 4.89. The molecule has 1 aliphatic carbocycles. The number of unbranched alkanes of at least 4 members (excludes halogenated alkanes) is 2. The summed E-state index contributed by atoms with van der Waals surface area (Å²) in [7, 11) is -3.68. The van der Waals surface area contributed by atoms with Crippen molar-refractivity contribution in [1.29, 1.82) is 0 Å². The van der Waals surface area contributed by atoms with Crippen LogP contribution in [0, 0.1) is 5.41 Å². The van der Waals surface area contributed by atoms with Gasteiger partial charge >= 0.3 is 0 Å². The zero-order chi connectivity index (χ0) is 19.3. The van der Waals surface area contributed by atoms with Crippen molar-refractivity contribution in [1.82, 2.24) is 5.32 Å². The minimum atomic E-state index is -3.68. The molecule has 1 aromatic carbocycles. The van der Waals surface area contributed by atoms with Gasteiger partial charge in [-0.05, 0) is 36.8 Å². The number of benzene rings is 1. The van der Waals surface area contributed by atoms with E-state index in [1.165, 1.54) is 0 Å². The molecule has 0 bridgehead atoms. The number of rotatable bonds is 8. The SMILES string of the molecule is CCCCCNC(=O)CC1(CC2=NS(=O)(=O)c3ccccc3N2)CCCC1. The summed E-state index contributed by atoms with van der Waals surface area (Å²) < 4.78 is 29.0. The Hall–Kier alpha value is -1.89. The number of fused-ring (bicyclic) bond motifs is 1. The Bertz CT molecular complexity index is 812. The number of para-hydroxylation sites is 1. The topological polar surface area (TPSA) is 87.6 Å². The van der Waals surface area contributed by atoms with Gasteiger partial charge < -0.3 is 10.6 Å². The number of amides is 1. The predicted octanol–water partition coefficient (Wildman–Crippen LogP) is 3.85. The summed E-state index contributed by atoms with van der Waals surface area (Å²) in [5.74, 6) is 0.516. The van der Waals surface area contributed by atoms with Crippen LogP contribution in [0.1, 0.15) is 64.7 Å². The maximum atomic E-state index is 12.5. The predicted molar refractivity (Wildman–Crippen MR) is 107 cm³/mol. The van der Waals surface area contributed by atoms with Crippen LogP contribution in [0.3, 0.4) is 0 Å². The molecule has 148 valence electrons. The van der Waals surface area contributed by atoms with E-state index in [-0.39, 0.29) is 16.2 Å². The average molecular weight is 392 g/mol. The highest BCUT2D eigenvalue weighted by Crippen LogP contribution is 2.45. The normalized spacial score (nSPS) is 19.7. The molecule has 2 N–H and O–H groups in total. The first-order chi connectivity index (χ1) is 12.9. The fourth-order valence-corrected chi connectivity index (χ4v) is 5.29. The smallest absolute Gasteiger partial charge is 0.286 e. The molecular formula is C20H29N3O3S. The molecule has 1 heterocycles. The summed E-state index contributed by atoms with van der Waals surface area (Å²) >= 11 is 0. The van der Waals surface area contributed by atoms with Crippen molar-refractivity contribution < 1.29 is 13.2 Å². The third-order valence-corrected chi connectivity index (χ3v) is 6.89. The number of sulfonamides is 1. The monoisotopic (exact) mass is 391 g/mol. The molecule has 0 aromatic heterocycles. The summed E-state index contributed by atoms with van der Waals surface area (Å²) in [6, 6.07) is 6.82. The van der Waals surface area contributed by atoms with E-state index in [9.17, 15) is 13.2 Å². The summed E-state index contributed by atoms with van der Waals surface area (Å²) in [6.45, 7) is 2.85. The standard InChI is InChI=1S/C20H29N3O3S/c1-2-3-8-13-21-19(24)15-20(11-6-7-12-20)14-18-22-16-9-4-5-10-17(16)27(25,26)23-18/h4-5,9-10H,2-3,6-8,11-15H2,1H3,(H,21,24)(H,22,23). The fourth-order valence-electron chi connectivity index (χ4n) is 4.15. The van der Waals surface area contributed by atoms with Crippen LogP contribution in [0.5, 0.6) is 0 Å². The van der Waals surface area contributed by atoms with Gasteiger partial charge in [-0.15, -0.1) is 4.40 Å². The second kappa shape index (κ2) is 8.42. The molecule has 1 fully saturated rings. The lowest BCUT2D eigenvalue weighted by Crippen LogP contribution is -2.34. The van der Waals surface area contributed by atoms with Gasteiger partial charge in [-0.2, -0.15) is 8.42 Å². The minimum Gasteiger partial charge on any atom is -0.356 e. The maximum absolute atomic E-state index is 12.5. The Morgan fingerprint density at radius 1 is 1.22 bits per heavy atom. The second-order valence-corrected chi connectivity index (χ2v) is 9.32. The van der Waals surface area contributed by atoms with Crippen LogP contribution in [0.4, 0.5) is 5.69 Å². The fraction of sp³-hybridized carbons (Fsp3) is 0.600. The molecular weight excluding hydrogens is 362 g/mol. The highest BCUT2D eigenvalue weighted by molar-refractivity contribution is 7.90. The van der Waals surface area contributed by atoms with Gasteiger partial charge in [0.1, 0.15) is 10.7 Å². The van der Waals surface area contributed by atoms with Crippen LogP contribution in [-0.2, 0) is 14.8 Å². The van der Waals surface area contributed by atoms with Gasteiger partial charge in [0.15, 0.2) is 0 Å². The Kier molecular flexibility index (Phi) is 6.19. The molecule has 1 amide bonds. The van der Waals surface area contributed by atoms with E-state index < -0.39 is 10.0 Å². The van der Waals surface area contributed by atoms with E-state index in [0.717, 1.165) is 44.9 Å². The second-order valence-electron chi connectivity index (χ2n) is 7.75. The van der Waals surface area contributed by atoms with Crippen molar-refractivity contribution in [2.24, 2.45) is 9.81 Å². The quantitative estimate of drug-likeness (QED) is 0.659. The van der Waals surface area contributed by atoms with E-state index in [0.29, 0.717) is 30.9 Å². The van der Waals surface area contributed by atoms with Gasteiger partial charge in [-0.1, -0.05) is 44.7 Å². The van der Waals surface area contributed by atoms with Crippen molar-refractivity contribution in [2.45, 2.75) is 69.6 Å². The molecule has 2 aliphatic rings. The first-order valence-corrected chi connectivity index (χ1v) is 11.3. The molecule has 6 nitrogen and oxygen atoms in total. The lowest BCUT2D eigenvalue weighted by atomic mass is 9.78. The first kappa shape index (κ1) is 19.9. The number of carbonyl (C=O) groups excluding carboxylic acids is 1. The Balaban J connectivity index is 1.70. The van der Waals surface area contributed by atoms with Gasteiger partial charge in [-0.3, -0.25) is 4.79 Å². The summed E-state index contributed by atoms with van der Waals surface area (Å²) in [5, 5.41) is 6.20. The molecule has 1 saturated carbocycles. The minimum absolute atomic E-state index is 0.0627. The van der Waals surface area contributed by atoms with Crippen molar-refractivity contribution in [3.63, 3.8) is 0 Å². The van der Waals surface area contributed by atoms with E-state index >= 15 is 0 Å². The van der Waals surface area contributed by atoms with Crippen LogP contribution in [-0.4, -0.2) is 26.7 Å². The zero-order valence-corrected chi connectivity index (χ0v) is 16.8. The molecule has 1 aromatic rings. The van der Waals surface area contributed by atoms with Crippen LogP contribution in [0.2, 0.25) is 0 Å². The van der Waals surface area contributed by atoms with Gasteiger partial charge in [0.05, 0.1) is 5.69 Å². The number of hydrogen-bond acceptors (Lipinski definition) is 4. The molecule has 27 heavy (non-hydrogen) atoms. The number of anilines is 1. The van der Waals surface area contributed by atoms with Crippen molar-refractivity contribution in [2.75, 3.05) is 11.9 Å². The highest BCUT2D eigenvalue weighted by Gasteiger charge is 2.38. The van der Waals surface area contributed by atoms with Crippen LogP contribution < -0.4 is 10.6 Å². The average Bonchev–Trinajstić information content (AvgIpc) is 3.06. The zero-order valence-electron chi connectivity index (χ0n) is 16.0. The number of nitrogens with one attached hydrogen (secondary N) is 2. The first-order valence-electron chi connectivity index (χ1n) is 9.91. The summed E-state index contributed by atoms with van der Waals surface area (Å²) in [6.07, 6.45) is 8.16. The van der Waals surface area contributed by atoms with Crippen LogP contribution in [0.25, 0.3) is 0 Å². The Morgan fingerprint density at radius 2 is 1.96 bits per heavy atom. The molecule has 1 aliphatic heterocycles. The van der Waals surface area contributed by atoms with Crippen molar-refractivity contribution in [3.05, 3.63) is 24.3 Å². The molecule has 0 spiro atoms. The number of hydrogen-bond donors (Lipinski definition) is 2. The van der Waals surface area contributed by atoms with Crippen LogP contribution in [0.15, 0.2) is 33.6 Å². The summed E-state index contributed by atoms with van der Waals surface area (Å²) in [4.78, 5) is 12.7. The van der Waals surface area contributed by atoms with E-state index in [1.54, 1.807) is 24.3 Å². The molecule has 0 unspecified atom stereocenters. The molecule has 0 radical (unpaired) electrons. The highest BCUT2D eigenvalue weighted by atomic mass is 32.2. The van der Waals surface area contributed by atoms with Gasteiger partial charge in [0, 0.05) is 19.4 Å². The van der Waals surface area contributed by atoms with Gasteiger partial charge in [0.25, 0.3) is 10.0 Å². The lowest BCUT2D eigenvalue weighted by molar-refractivity contribution is -0.123. The maximum Gasteiger partial charge on any atom is 0.286 e. The number of amidine groups is 1. The van der Waals surface area contributed by atoms with Crippen molar-refractivity contribution in [3.8, 4) is 0 Å². The number of carbonyl (C=O) groups is 1. The molecule has 0 atom stereocenters. The van der Waals surface area contributed by atoms with E-state index in [2.05, 4.69) is 22.0 Å². The lowest BCUT2D eigenvalue weighted by Gasteiger charge is -2.30. The van der Waals surface area contributed by atoms with Crippen molar-refractivity contribution >= 4 is 27.5 Å². The summed E-state index contributed by atoms with van der Waals surface area (Å²) in [5.41, 5.74) is 0.363. The Labute approximate surface area is 161 Å². The third-order valence-electron chi connectivity index (χ3n) is 5.52. The largest absolute Gasteiger partial charge is 0.356 e. The molecule has 0 saturated heterocycles. The Morgan fingerprint density at radius 3 is 2.70 bits per heavy atom.